The van der Waals surface area contributed by atoms with Crippen LogP contribution in [0.25, 0.3) is 21.8 Å². The molecule has 4 rings (SSSR count). The van der Waals surface area contributed by atoms with Gasteiger partial charge in [0.2, 0.25) is 11.6 Å². The first-order valence-corrected chi connectivity index (χ1v) is 7.41. The first-order chi connectivity index (χ1) is 9.33. The second-order valence-electron chi connectivity index (χ2n) is 4.61. The highest BCUT2D eigenvalue weighted by molar-refractivity contribution is 7.19. The highest BCUT2D eigenvalue weighted by atomic mass is 35.5. The van der Waals surface area contributed by atoms with Gasteiger partial charge in [0.25, 0.3) is 0 Å². The quantitative estimate of drug-likeness (QED) is 0.639. The van der Waals surface area contributed by atoms with Gasteiger partial charge in [-0.15, -0.1) is 11.3 Å². The van der Waals surface area contributed by atoms with Gasteiger partial charge in [0.05, 0.1) is 11.6 Å². The largest absolute Gasteiger partial charge is 0.353 e. The fraction of sp³-hybridized carbons (Fsp3) is 0.308. The molecule has 1 aliphatic carbocycles. The number of aromatic nitrogens is 3. The Morgan fingerprint density at radius 3 is 2.95 bits per heavy atom. The van der Waals surface area contributed by atoms with Crippen LogP contribution >= 0.6 is 22.9 Å². The lowest BCUT2D eigenvalue weighted by Crippen LogP contribution is -1.98. The number of nitrogens with zero attached hydrogens (tertiary/aromatic N) is 3. The fourth-order valence-electron chi connectivity index (χ4n) is 2.55. The number of thiophene rings is 1. The molecule has 0 aliphatic heterocycles. The summed E-state index contributed by atoms with van der Waals surface area (Å²) in [5.41, 5.74) is 1.35. The Morgan fingerprint density at radius 1 is 1.21 bits per heavy atom. The van der Waals surface area contributed by atoms with Gasteiger partial charge in [-0.2, -0.15) is 0 Å². The SMILES string of the molecule is Clc1nc(-c2ccno2)nc2sc3c(c12)CCCC3. The molecule has 96 valence electrons. The molecular weight excluding hydrogens is 282 g/mol. The Bertz CT molecular complexity index is 751. The molecule has 0 aromatic carbocycles. The average Bonchev–Trinajstić information content (AvgIpc) is 3.05. The molecule has 19 heavy (non-hydrogen) atoms. The molecule has 0 saturated heterocycles. The maximum Gasteiger partial charge on any atom is 0.204 e. The summed E-state index contributed by atoms with van der Waals surface area (Å²) >= 11 is 8.08. The first-order valence-electron chi connectivity index (χ1n) is 6.22. The molecule has 0 radical (unpaired) electrons. The predicted molar refractivity (Wildman–Crippen MR) is 74.6 cm³/mol. The van der Waals surface area contributed by atoms with E-state index >= 15 is 0 Å². The van der Waals surface area contributed by atoms with Crippen molar-refractivity contribution in [1.82, 2.24) is 15.1 Å². The predicted octanol–water partition coefficient (Wildman–Crippen LogP) is 3.88. The maximum atomic E-state index is 6.35. The lowest BCUT2D eigenvalue weighted by molar-refractivity contribution is 0.430. The van der Waals surface area contributed by atoms with Gasteiger partial charge in [-0.3, -0.25) is 0 Å². The zero-order valence-corrected chi connectivity index (χ0v) is 11.6. The molecule has 3 aromatic heterocycles. The average molecular weight is 292 g/mol. The molecule has 0 saturated carbocycles. The van der Waals surface area contributed by atoms with E-state index in [1.165, 1.54) is 23.3 Å². The topological polar surface area (TPSA) is 51.8 Å². The number of fused-ring (bicyclic) bond motifs is 3. The van der Waals surface area contributed by atoms with Crippen molar-refractivity contribution in [3.05, 3.63) is 27.9 Å². The lowest BCUT2D eigenvalue weighted by Gasteiger charge is -2.10. The lowest BCUT2D eigenvalue weighted by atomic mass is 9.97. The maximum absolute atomic E-state index is 6.35. The summed E-state index contributed by atoms with van der Waals surface area (Å²) in [7, 11) is 0. The highest BCUT2D eigenvalue weighted by Gasteiger charge is 2.21. The monoisotopic (exact) mass is 291 g/mol. The van der Waals surface area contributed by atoms with Crippen LogP contribution in [-0.2, 0) is 12.8 Å². The number of hydrogen-bond donors (Lipinski definition) is 0. The van der Waals surface area contributed by atoms with Crippen LogP contribution in [0.5, 0.6) is 0 Å². The smallest absolute Gasteiger partial charge is 0.204 e. The second kappa shape index (κ2) is 4.28. The van der Waals surface area contributed by atoms with Crippen LogP contribution in [0.2, 0.25) is 5.15 Å². The van der Waals surface area contributed by atoms with E-state index in [1.54, 1.807) is 23.6 Å². The fourth-order valence-corrected chi connectivity index (χ4v) is 4.16. The highest BCUT2D eigenvalue weighted by Crippen LogP contribution is 2.39. The van der Waals surface area contributed by atoms with E-state index in [0.717, 1.165) is 23.1 Å². The molecule has 0 fully saturated rings. The zero-order valence-electron chi connectivity index (χ0n) is 10.0. The Morgan fingerprint density at radius 2 is 2.11 bits per heavy atom. The van der Waals surface area contributed by atoms with Crippen LogP contribution in [0.3, 0.4) is 0 Å². The van der Waals surface area contributed by atoms with Crippen molar-refractivity contribution in [3.8, 4) is 11.6 Å². The summed E-state index contributed by atoms with van der Waals surface area (Å²) in [6, 6.07) is 1.74. The minimum atomic E-state index is 0.508. The van der Waals surface area contributed by atoms with Crippen molar-refractivity contribution < 1.29 is 4.52 Å². The summed E-state index contributed by atoms with van der Waals surface area (Å²) in [5, 5.41) is 5.23. The van der Waals surface area contributed by atoms with Gasteiger partial charge >= 0.3 is 0 Å². The number of aryl methyl sites for hydroxylation is 2. The second-order valence-corrected chi connectivity index (χ2v) is 6.05. The van der Waals surface area contributed by atoms with E-state index in [1.807, 2.05) is 0 Å². The Hall–Kier alpha value is -1.46. The minimum absolute atomic E-state index is 0.508. The summed E-state index contributed by atoms with van der Waals surface area (Å²) in [6.45, 7) is 0. The molecule has 0 bridgehead atoms. The van der Waals surface area contributed by atoms with Crippen LogP contribution in [0.4, 0.5) is 0 Å². The third-order valence-corrected chi connectivity index (χ3v) is 4.89. The number of rotatable bonds is 1. The van der Waals surface area contributed by atoms with Gasteiger partial charge in [-0.25, -0.2) is 9.97 Å². The Kier molecular flexibility index (Phi) is 2.56. The van der Waals surface area contributed by atoms with E-state index in [9.17, 15) is 0 Å². The Balaban J connectivity index is 1.98. The molecule has 0 amide bonds. The van der Waals surface area contributed by atoms with Crippen molar-refractivity contribution in [2.24, 2.45) is 0 Å². The molecule has 1 aliphatic rings. The molecule has 0 spiro atoms. The van der Waals surface area contributed by atoms with E-state index < -0.39 is 0 Å². The molecule has 0 atom stereocenters. The van der Waals surface area contributed by atoms with Gasteiger partial charge in [-0.05, 0) is 31.2 Å². The third kappa shape index (κ3) is 1.76. The molecule has 3 heterocycles. The molecule has 6 heteroatoms. The van der Waals surface area contributed by atoms with Gasteiger partial charge < -0.3 is 4.52 Å². The van der Waals surface area contributed by atoms with Crippen LogP contribution in [0, 0.1) is 0 Å². The standard InChI is InChI=1S/C13H10ClN3OS/c14-11-10-7-3-1-2-4-9(7)19-13(10)17-12(16-11)8-5-6-15-18-8/h5-6H,1-4H2. The summed E-state index contributed by atoms with van der Waals surface area (Å²) in [5.74, 6) is 1.06. The third-order valence-electron chi connectivity index (χ3n) is 3.43. The van der Waals surface area contributed by atoms with Gasteiger partial charge in [0, 0.05) is 10.9 Å². The number of halogens is 1. The normalized spacial score (nSPS) is 14.8. The van der Waals surface area contributed by atoms with Crippen molar-refractivity contribution in [1.29, 1.82) is 0 Å². The minimum Gasteiger partial charge on any atom is -0.353 e. The van der Waals surface area contributed by atoms with Crippen molar-refractivity contribution in [3.63, 3.8) is 0 Å². The van der Waals surface area contributed by atoms with Crippen LogP contribution in [0.1, 0.15) is 23.3 Å². The molecular formula is C13H10ClN3OS. The summed E-state index contributed by atoms with van der Waals surface area (Å²) < 4.78 is 5.10. The van der Waals surface area contributed by atoms with Crippen LogP contribution in [0.15, 0.2) is 16.8 Å². The van der Waals surface area contributed by atoms with Crippen LogP contribution < -0.4 is 0 Å². The van der Waals surface area contributed by atoms with E-state index in [-0.39, 0.29) is 0 Å². The van der Waals surface area contributed by atoms with Crippen molar-refractivity contribution >= 4 is 33.2 Å². The summed E-state index contributed by atoms with van der Waals surface area (Å²) in [4.78, 5) is 11.3. The van der Waals surface area contributed by atoms with Crippen LogP contribution in [-0.4, -0.2) is 15.1 Å². The first kappa shape index (κ1) is 11.4. The molecule has 3 aromatic rings. The van der Waals surface area contributed by atoms with Gasteiger partial charge in [0.1, 0.15) is 9.98 Å². The van der Waals surface area contributed by atoms with E-state index in [0.29, 0.717) is 16.7 Å². The van der Waals surface area contributed by atoms with E-state index in [2.05, 4.69) is 15.1 Å². The van der Waals surface area contributed by atoms with Crippen molar-refractivity contribution in [2.45, 2.75) is 25.7 Å². The molecule has 0 N–H and O–H groups in total. The Labute approximate surface area is 118 Å². The summed E-state index contributed by atoms with van der Waals surface area (Å²) in [6.07, 6.45) is 6.26. The van der Waals surface area contributed by atoms with Gasteiger partial charge in [0.15, 0.2) is 0 Å². The van der Waals surface area contributed by atoms with Gasteiger partial charge in [-0.1, -0.05) is 16.8 Å². The zero-order chi connectivity index (χ0) is 12.8. The number of hydrogen-bond acceptors (Lipinski definition) is 5. The molecule has 0 unspecified atom stereocenters. The van der Waals surface area contributed by atoms with E-state index in [4.69, 9.17) is 16.1 Å². The molecule has 4 nitrogen and oxygen atoms in total. The van der Waals surface area contributed by atoms with Crippen molar-refractivity contribution in [2.75, 3.05) is 0 Å².